The van der Waals surface area contributed by atoms with Crippen LogP contribution in [0.5, 0.6) is 0 Å². The Bertz CT molecular complexity index is 144. The third-order valence-corrected chi connectivity index (χ3v) is 3.30. The van der Waals surface area contributed by atoms with Gasteiger partial charge in [-0.3, -0.25) is 0 Å². The summed E-state index contributed by atoms with van der Waals surface area (Å²) in [5.74, 6) is 0. The number of rotatable bonds is 5. The molecule has 14 heavy (non-hydrogen) atoms. The molecule has 0 aliphatic carbocycles. The fraction of sp³-hybridized carbons (Fsp3) is 1.00. The zero-order chi connectivity index (χ0) is 10.4. The number of methoxy groups -OCH3 is 1. The molecule has 1 aliphatic rings. The maximum Gasteiger partial charge on any atom is 0.0595 e. The van der Waals surface area contributed by atoms with Crippen molar-refractivity contribution in [1.82, 2.24) is 4.90 Å². The van der Waals surface area contributed by atoms with Gasteiger partial charge in [0.1, 0.15) is 0 Å². The second-order valence-electron chi connectivity index (χ2n) is 4.11. The summed E-state index contributed by atoms with van der Waals surface area (Å²) in [5.41, 5.74) is 5.61. The summed E-state index contributed by atoms with van der Waals surface area (Å²) >= 11 is 0. The van der Waals surface area contributed by atoms with Crippen LogP contribution in [0.2, 0.25) is 0 Å². The Labute approximate surface area is 87.6 Å². The molecule has 1 atom stereocenters. The van der Waals surface area contributed by atoms with E-state index in [0.29, 0.717) is 12.1 Å². The lowest BCUT2D eigenvalue weighted by Crippen LogP contribution is -2.43. The Kier molecular flexibility index (Phi) is 5.45. The number of hydrogen-bond acceptors (Lipinski definition) is 3. The van der Waals surface area contributed by atoms with Crippen LogP contribution >= 0.6 is 0 Å². The van der Waals surface area contributed by atoms with Crippen LogP contribution in [-0.4, -0.2) is 43.8 Å². The number of nitrogens with two attached hydrogens (primary N) is 1. The van der Waals surface area contributed by atoms with E-state index in [4.69, 9.17) is 10.5 Å². The van der Waals surface area contributed by atoms with Crippen molar-refractivity contribution in [3.05, 3.63) is 0 Å². The Morgan fingerprint density at radius 1 is 1.43 bits per heavy atom. The van der Waals surface area contributed by atoms with E-state index in [9.17, 15) is 0 Å². The fourth-order valence-electron chi connectivity index (χ4n) is 2.31. The molecule has 3 heteroatoms. The molecule has 3 nitrogen and oxygen atoms in total. The molecule has 1 unspecified atom stereocenters. The summed E-state index contributed by atoms with van der Waals surface area (Å²) in [6, 6.07) is 0.692. The van der Waals surface area contributed by atoms with Crippen LogP contribution in [0.15, 0.2) is 0 Å². The van der Waals surface area contributed by atoms with E-state index in [1.807, 2.05) is 7.11 Å². The number of ether oxygens (including phenoxy) is 1. The SMILES string of the molecule is CCC(CCN)N1CCC(OC)CC1. The van der Waals surface area contributed by atoms with Crippen LogP contribution < -0.4 is 5.73 Å². The van der Waals surface area contributed by atoms with Gasteiger partial charge < -0.3 is 15.4 Å². The Hall–Kier alpha value is -0.120. The van der Waals surface area contributed by atoms with Gasteiger partial charge in [-0.25, -0.2) is 0 Å². The van der Waals surface area contributed by atoms with Crippen molar-refractivity contribution >= 4 is 0 Å². The van der Waals surface area contributed by atoms with Gasteiger partial charge in [0.15, 0.2) is 0 Å². The minimum atomic E-state index is 0.488. The molecule has 0 spiro atoms. The fourth-order valence-corrected chi connectivity index (χ4v) is 2.31. The monoisotopic (exact) mass is 200 g/mol. The highest BCUT2D eigenvalue weighted by Gasteiger charge is 2.23. The van der Waals surface area contributed by atoms with E-state index < -0.39 is 0 Å². The molecule has 0 aromatic rings. The molecule has 0 aromatic heterocycles. The van der Waals surface area contributed by atoms with Gasteiger partial charge in [-0.1, -0.05) is 6.92 Å². The zero-order valence-corrected chi connectivity index (χ0v) is 9.54. The van der Waals surface area contributed by atoms with Gasteiger partial charge in [0, 0.05) is 26.2 Å². The highest BCUT2D eigenvalue weighted by molar-refractivity contribution is 4.78. The number of piperidine rings is 1. The third kappa shape index (κ3) is 3.23. The summed E-state index contributed by atoms with van der Waals surface area (Å²) in [6.07, 6.45) is 5.19. The molecule has 0 radical (unpaired) electrons. The minimum Gasteiger partial charge on any atom is -0.381 e. The largest absolute Gasteiger partial charge is 0.381 e. The predicted octanol–water partition coefficient (Wildman–Crippen LogP) is 1.22. The van der Waals surface area contributed by atoms with Crippen LogP contribution in [-0.2, 0) is 4.74 Å². The van der Waals surface area contributed by atoms with Crippen molar-refractivity contribution in [2.24, 2.45) is 5.73 Å². The summed E-state index contributed by atoms with van der Waals surface area (Å²) < 4.78 is 5.36. The molecule has 1 heterocycles. The molecule has 2 N–H and O–H groups in total. The van der Waals surface area contributed by atoms with Crippen molar-refractivity contribution < 1.29 is 4.74 Å². The lowest BCUT2D eigenvalue weighted by molar-refractivity contribution is 0.0255. The topological polar surface area (TPSA) is 38.5 Å². The number of hydrogen-bond donors (Lipinski definition) is 1. The zero-order valence-electron chi connectivity index (χ0n) is 9.54. The van der Waals surface area contributed by atoms with Crippen LogP contribution in [0.3, 0.4) is 0 Å². The van der Waals surface area contributed by atoms with E-state index in [1.54, 1.807) is 0 Å². The lowest BCUT2D eigenvalue weighted by atomic mass is 10.0. The van der Waals surface area contributed by atoms with Crippen molar-refractivity contribution in [3.8, 4) is 0 Å². The molecule has 84 valence electrons. The quantitative estimate of drug-likeness (QED) is 0.725. The molecule has 1 rings (SSSR count). The first-order valence-electron chi connectivity index (χ1n) is 5.78. The van der Waals surface area contributed by atoms with Crippen LogP contribution in [0.1, 0.15) is 32.6 Å². The van der Waals surface area contributed by atoms with E-state index in [-0.39, 0.29) is 0 Å². The molecule has 0 aromatic carbocycles. The molecule has 1 fully saturated rings. The van der Waals surface area contributed by atoms with Crippen LogP contribution in [0.25, 0.3) is 0 Å². The number of likely N-dealkylation sites (tertiary alicyclic amines) is 1. The molecule has 0 amide bonds. The van der Waals surface area contributed by atoms with E-state index in [0.717, 1.165) is 13.0 Å². The third-order valence-electron chi connectivity index (χ3n) is 3.30. The first-order chi connectivity index (χ1) is 6.81. The van der Waals surface area contributed by atoms with Crippen molar-refractivity contribution in [1.29, 1.82) is 0 Å². The van der Waals surface area contributed by atoms with Gasteiger partial charge in [0.25, 0.3) is 0 Å². The molecule has 0 saturated carbocycles. The van der Waals surface area contributed by atoms with Crippen molar-refractivity contribution in [2.45, 2.75) is 44.8 Å². The van der Waals surface area contributed by atoms with Gasteiger partial charge in [0.2, 0.25) is 0 Å². The van der Waals surface area contributed by atoms with Gasteiger partial charge in [-0.05, 0) is 32.2 Å². The summed E-state index contributed by atoms with van der Waals surface area (Å²) in [7, 11) is 1.82. The standard InChI is InChI=1S/C11H24N2O/c1-3-10(4-7-12)13-8-5-11(14-2)6-9-13/h10-11H,3-9,12H2,1-2H3. The maximum absolute atomic E-state index is 5.61. The lowest BCUT2D eigenvalue weighted by Gasteiger charge is -2.36. The predicted molar refractivity (Wildman–Crippen MR) is 59.4 cm³/mol. The highest BCUT2D eigenvalue weighted by atomic mass is 16.5. The van der Waals surface area contributed by atoms with Crippen LogP contribution in [0, 0.1) is 0 Å². The summed E-state index contributed by atoms with van der Waals surface area (Å²) in [6.45, 7) is 5.42. The number of nitrogens with zero attached hydrogens (tertiary/aromatic N) is 1. The highest BCUT2D eigenvalue weighted by Crippen LogP contribution is 2.18. The molecule has 1 saturated heterocycles. The smallest absolute Gasteiger partial charge is 0.0595 e. The van der Waals surface area contributed by atoms with Gasteiger partial charge in [-0.15, -0.1) is 0 Å². The molecular formula is C11H24N2O. The first-order valence-corrected chi connectivity index (χ1v) is 5.78. The van der Waals surface area contributed by atoms with Gasteiger partial charge >= 0.3 is 0 Å². The van der Waals surface area contributed by atoms with E-state index in [1.165, 1.54) is 32.4 Å². The van der Waals surface area contributed by atoms with E-state index in [2.05, 4.69) is 11.8 Å². The molecule has 0 bridgehead atoms. The van der Waals surface area contributed by atoms with Crippen LogP contribution in [0.4, 0.5) is 0 Å². The maximum atomic E-state index is 5.61. The van der Waals surface area contributed by atoms with Gasteiger partial charge in [0.05, 0.1) is 6.10 Å². The summed E-state index contributed by atoms with van der Waals surface area (Å²) in [5, 5.41) is 0. The molecule has 1 aliphatic heterocycles. The average molecular weight is 200 g/mol. The Morgan fingerprint density at radius 2 is 2.07 bits per heavy atom. The van der Waals surface area contributed by atoms with Gasteiger partial charge in [-0.2, -0.15) is 0 Å². The molecular weight excluding hydrogens is 176 g/mol. The second-order valence-corrected chi connectivity index (χ2v) is 4.11. The second kappa shape index (κ2) is 6.38. The normalized spacial score (nSPS) is 22.5. The summed E-state index contributed by atoms with van der Waals surface area (Å²) in [4.78, 5) is 2.57. The minimum absolute atomic E-state index is 0.488. The Balaban J connectivity index is 2.31. The first kappa shape index (κ1) is 12.0. The van der Waals surface area contributed by atoms with Crippen molar-refractivity contribution in [2.75, 3.05) is 26.7 Å². The average Bonchev–Trinajstić information content (AvgIpc) is 2.26. The Morgan fingerprint density at radius 3 is 2.50 bits per heavy atom. The van der Waals surface area contributed by atoms with Crippen molar-refractivity contribution in [3.63, 3.8) is 0 Å². The van der Waals surface area contributed by atoms with E-state index >= 15 is 0 Å².